The van der Waals surface area contributed by atoms with Crippen molar-refractivity contribution in [2.24, 2.45) is 12.8 Å². The molecule has 0 unspecified atom stereocenters. The monoisotopic (exact) mass is 428 g/mol. The number of hydrogen-bond donors (Lipinski definition) is 3. The van der Waals surface area contributed by atoms with Gasteiger partial charge in [-0.15, -0.1) is 24.8 Å². The molecule has 2 fully saturated rings. The molecule has 2 saturated carbocycles. The number of aromatic amines is 1. The molecule has 4 N–H and O–H groups in total. The molecule has 2 heterocycles. The summed E-state index contributed by atoms with van der Waals surface area (Å²) in [5.74, 6) is 2.64. The summed E-state index contributed by atoms with van der Waals surface area (Å²) in [6, 6.07) is 2.29. The zero-order valence-electron chi connectivity index (χ0n) is 15.7. The van der Waals surface area contributed by atoms with E-state index in [1.54, 1.807) is 0 Å². The first-order chi connectivity index (χ1) is 12.5. The van der Waals surface area contributed by atoms with Gasteiger partial charge in [0, 0.05) is 55.0 Å². The van der Waals surface area contributed by atoms with Crippen LogP contribution in [-0.2, 0) is 13.5 Å². The third-order valence-corrected chi connectivity index (χ3v) is 5.25. The highest BCUT2D eigenvalue weighted by Crippen LogP contribution is 2.41. The molecule has 8 nitrogen and oxygen atoms in total. The molecule has 2 aromatic rings. The van der Waals surface area contributed by atoms with Crippen molar-refractivity contribution in [1.29, 1.82) is 0 Å². The molecule has 0 aromatic carbocycles. The lowest BCUT2D eigenvalue weighted by molar-refractivity contribution is 0.344. The van der Waals surface area contributed by atoms with Crippen LogP contribution < -0.4 is 22.3 Å². The maximum Gasteiger partial charge on any atom is 0.328 e. The zero-order chi connectivity index (χ0) is 18.3. The van der Waals surface area contributed by atoms with Crippen molar-refractivity contribution in [1.82, 2.24) is 19.5 Å². The maximum absolute atomic E-state index is 12.1. The van der Waals surface area contributed by atoms with Crippen LogP contribution in [0.15, 0.2) is 21.9 Å². The SMILES string of the molecule is Cl.Cl.Cn1c(=O)[nH]cc(CCNc2cc(C3CC(N)C3)nc(C3CC3)n2)c1=O. The van der Waals surface area contributed by atoms with E-state index in [0.717, 1.165) is 47.6 Å². The molecule has 0 bridgehead atoms. The molecular formula is C18H26Cl2N6O2. The highest BCUT2D eigenvalue weighted by atomic mass is 35.5. The Balaban J connectivity index is 0.00000140. The summed E-state index contributed by atoms with van der Waals surface area (Å²) in [6.07, 6.45) is 6.27. The second-order valence-corrected chi connectivity index (χ2v) is 7.40. The van der Waals surface area contributed by atoms with Gasteiger partial charge in [0.05, 0.1) is 0 Å². The van der Waals surface area contributed by atoms with Gasteiger partial charge in [-0.2, -0.15) is 0 Å². The van der Waals surface area contributed by atoms with Gasteiger partial charge in [-0.25, -0.2) is 14.8 Å². The van der Waals surface area contributed by atoms with Crippen LogP contribution in [0.25, 0.3) is 0 Å². The Morgan fingerprint density at radius 1 is 1.21 bits per heavy atom. The third kappa shape index (κ3) is 4.74. The van der Waals surface area contributed by atoms with Crippen molar-refractivity contribution in [3.8, 4) is 0 Å². The average Bonchev–Trinajstić information content (AvgIpc) is 3.44. The standard InChI is InChI=1S/C18H24N6O2.2ClH/c1-24-17(25)11(9-21-18(24)26)4-5-20-15-8-14(12-6-13(19)7-12)22-16(23-15)10-2-3-10;;/h8-10,12-13H,2-7,19H2,1H3,(H,21,26)(H,20,22,23);2*1H. The number of aromatic nitrogens is 4. The molecular weight excluding hydrogens is 403 g/mol. The first-order valence-electron chi connectivity index (χ1n) is 9.17. The number of nitrogens with two attached hydrogens (primary N) is 1. The van der Waals surface area contributed by atoms with Gasteiger partial charge in [-0.1, -0.05) is 0 Å². The van der Waals surface area contributed by atoms with E-state index >= 15 is 0 Å². The fraction of sp³-hybridized carbons (Fsp3) is 0.556. The molecule has 4 rings (SSSR count). The summed E-state index contributed by atoms with van der Waals surface area (Å²) < 4.78 is 1.09. The van der Waals surface area contributed by atoms with Crippen molar-refractivity contribution in [3.05, 3.63) is 50.2 Å². The first-order valence-corrected chi connectivity index (χ1v) is 9.17. The number of hydrogen-bond acceptors (Lipinski definition) is 6. The minimum atomic E-state index is -0.403. The molecule has 2 aliphatic rings. The maximum atomic E-state index is 12.1. The van der Waals surface area contributed by atoms with Crippen LogP contribution >= 0.6 is 24.8 Å². The predicted octanol–water partition coefficient (Wildman–Crippen LogP) is 1.44. The molecule has 0 aliphatic heterocycles. The predicted molar refractivity (Wildman–Crippen MR) is 113 cm³/mol. The van der Waals surface area contributed by atoms with Crippen LogP contribution in [0.5, 0.6) is 0 Å². The van der Waals surface area contributed by atoms with E-state index in [0.29, 0.717) is 30.4 Å². The van der Waals surface area contributed by atoms with Crippen molar-refractivity contribution >= 4 is 30.6 Å². The van der Waals surface area contributed by atoms with E-state index in [2.05, 4.69) is 15.3 Å². The van der Waals surface area contributed by atoms with E-state index in [-0.39, 0.29) is 36.4 Å². The molecule has 28 heavy (non-hydrogen) atoms. The van der Waals surface area contributed by atoms with E-state index in [1.165, 1.54) is 13.2 Å². The number of halogens is 2. The first kappa shape index (κ1) is 22.4. The highest BCUT2D eigenvalue weighted by Gasteiger charge is 2.32. The lowest BCUT2D eigenvalue weighted by Gasteiger charge is -2.32. The Hall–Kier alpha value is -1.90. The second-order valence-electron chi connectivity index (χ2n) is 7.40. The molecule has 154 valence electrons. The Morgan fingerprint density at radius 2 is 1.93 bits per heavy atom. The van der Waals surface area contributed by atoms with E-state index in [1.807, 2.05) is 6.07 Å². The molecule has 2 aromatic heterocycles. The van der Waals surface area contributed by atoms with Crippen LogP contribution in [0.3, 0.4) is 0 Å². The molecule has 0 atom stereocenters. The number of nitrogens with one attached hydrogen (secondary N) is 2. The number of rotatable bonds is 6. The largest absolute Gasteiger partial charge is 0.370 e. The van der Waals surface area contributed by atoms with Gasteiger partial charge in [0.15, 0.2) is 0 Å². The van der Waals surface area contributed by atoms with Crippen LogP contribution in [-0.4, -0.2) is 32.1 Å². The van der Waals surface area contributed by atoms with Gasteiger partial charge in [0.2, 0.25) is 0 Å². The minimum Gasteiger partial charge on any atom is -0.370 e. The quantitative estimate of drug-likeness (QED) is 0.640. The Bertz CT molecular complexity index is 934. The molecule has 0 saturated heterocycles. The molecule has 0 amide bonds. The van der Waals surface area contributed by atoms with Gasteiger partial charge in [0.1, 0.15) is 11.6 Å². The van der Waals surface area contributed by atoms with E-state index < -0.39 is 5.69 Å². The van der Waals surface area contributed by atoms with E-state index in [9.17, 15) is 9.59 Å². The highest BCUT2D eigenvalue weighted by molar-refractivity contribution is 5.85. The smallest absolute Gasteiger partial charge is 0.328 e. The van der Waals surface area contributed by atoms with Crippen molar-refractivity contribution < 1.29 is 0 Å². The number of anilines is 1. The van der Waals surface area contributed by atoms with Crippen LogP contribution in [0.2, 0.25) is 0 Å². The summed E-state index contributed by atoms with van der Waals surface area (Å²) in [4.78, 5) is 35.5. The minimum absolute atomic E-state index is 0. The number of nitrogens with zero attached hydrogens (tertiary/aromatic N) is 3. The molecule has 2 aliphatic carbocycles. The summed E-state index contributed by atoms with van der Waals surface area (Å²) in [7, 11) is 1.47. The second kappa shape index (κ2) is 9.07. The molecule has 0 radical (unpaired) electrons. The Kier molecular flexibility index (Phi) is 7.25. The zero-order valence-corrected chi connectivity index (χ0v) is 17.3. The normalized spacial score (nSPS) is 20.5. The Morgan fingerprint density at radius 3 is 2.57 bits per heavy atom. The third-order valence-electron chi connectivity index (χ3n) is 5.25. The molecule has 0 spiro atoms. The average molecular weight is 429 g/mol. The van der Waals surface area contributed by atoms with Gasteiger partial charge in [-0.3, -0.25) is 9.36 Å². The van der Waals surface area contributed by atoms with Gasteiger partial charge in [-0.05, 0) is 32.1 Å². The van der Waals surface area contributed by atoms with Crippen LogP contribution in [0, 0.1) is 0 Å². The van der Waals surface area contributed by atoms with Crippen molar-refractivity contribution in [3.63, 3.8) is 0 Å². The van der Waals surface area contributed by atoms with Gasteiger partial charge < -0.3 is 16.0 Å². The van der Waals surface area contributed by atoms with Crippen molar-refractivity contribution in [2.45, 2.75) is 50.0 Å². The Labute approximate surface area is 175 Å². The van der Waals surface area contributed by atoms with E-state index in [4.69, 9.17) is 10.7 Å². The summed E-state index contributed by atoms with van der Waals surface area (Å²) in [6.45, 7) is 0.562. The van der Waals surface area contributed by atoms with Gasteiger partial charge in [0.25, 0.3) is 5.56 Å². The number of H-pyrrole nitrogens is 1. The fourth-order valence-corrected chi connectivity index (χ4v) is 3.33. The summed E-state index contributed by atoms with van der Waals surface area (Å²) in [5.41, 5.74) is 6.90. The summed E-state index contributed by atoms with van der Waals surface area (Å²) in [5, 5.41) is 3.31. The van der Waals surface area contributed by atoms with Crippen LogP contribution in [0.1, 0.15) is 54.6 Å². The lowest BCUT2D eigenvalue weighted by atomic mass is 9.78. The fourth-order valence-electron chi connectivity index (χ4n) is 3.33. The molecule has 10 heteroatoms. The van der Waals surface area contributed by atoms with Crippen molar-refractivity contribution in [2.75, 3.05) is 11.9 Å². The summed E-state index contributed by atoms with van der Waals surface area (Å²) >= 11 is 0. The van der Waals surface area contributed by atoms with Gasteiger partial charge >= 0.3 is 5.69 Å². The lowest BCUT2D eigenvalue weighted by Crippen LogP contribution is -2.35. The van der Waals surface area contributed by atoms with Crippen LogP contribution in [0.4, 0.5) is 5.82 Å². The topological polar surface area (TPSA) is 119 Å².